The molecule has 0 atom stereocenters. The number of fused-ring (bicyclic) bond motifs is 1. The fraction of sp³-hybridized carbons (Fsp3) is 0.308. The third-order valence-corrected chi connectivity index (χ3v) is 5.75. The Labute approximate surface area is 186 Å². The van der Waals surface area contributed by atoms with Gasteiger partial charge in [0.2, 0.25) is 0 Å². The van der Waals surface area contributed by atoms with Crippen LogP contribution in [0.2, 0.25) is 0 Å². The number of hydrogen-bond acceptors (Lipinski definition) is 4. The molecule has 1 fully saturated rings. The number of carbonyl (C=O) groups excluding carboxylic acids is 1. The number of carbonyl (C=O) groups is 1. The van der Waals surface area contributed by atoms with E-state index >= 15 is 0 Å². The predicted octanol–water partition coefficient (Wildman–Crippen LogP) is 6.36. The van der Waals surface area contributed by atoms with E-state index in [1.807, 2.05) is 32.0 Å². The van der Waals surface area contributed by atoms with Crippen LogP contribution < -0.4 is 9.47 Å². The number of benzene rings is 2. The van der Waals surface area contributed by atoms with Crippen LogP contribution in [0, 0.1) is 0 Å². The number of ketones is 1. The zero-order valence-electron chi connectivity index (χ0n) is 18.1. The Kier molecular flexibility index (Phi) is 5.96. The average molecular weight is 437 g/mol. The molecule has 0 amide bonds. The van der Waals surface area contributed by atoms with Gasteiger partial charge in [0.1, 0.15) is 5.78 Å². The van der Waals surface area contributed by atoms with Crippen molar-refractivity contribution in [2.45, 2.75) is 51.2 Å². The molecule has 32 heavy (non-hydrogen) atoms. The first-order chi connectivity index (χ1) is 15.3. The van der Waals surface area contributed by atoms with Crippen LogP contribution in [0.15, 0.2) is 77.4 Å². The van der Waals surface area contributed by atoms with Crippen LogP contribution in [0.5, 0.6) is 11.5 Å². The van der Waals surface area contributed by atoms with E-state index in [1.165, 1.54) is 17.7 Å². The minimum absolute atomic E-state index is 0.00711. The van der Waals surface area contributed by atoms with E-state index in [0.29, 0.717) is 6.42 Å². The zero-order valence-corrected chi connectivity index (χ0v) is 18.1. The van der Waals surface area contributed by atoms with Gasteiger partial charge < -0.3 is 9.47 Å². The van der Waals surface area contributed by atoms with Gasteiger partial charge in [0.15, 0.2) is 11.5 Å². The number of aliphatic imine (C=N–C) groups is 1. The molecule has 0 radical (unpaired) electrons. The lowest BCUT2D eigenvalue weighted by molar-refractivity contribution is -0.286. The SMILES string of the molecule is CC1=CCC=CC(c2ccccc2)=N1.CCC(=O)C1(c2ccc3c(c2)OC(F)(F)O3)CC1. The summed E-state index contributed by atoms with van der Waals surface area (Å²) in [6.07, 6.45) is 5.73. The van der Waals surface area contributed by atoms with Gasteiger partial charge in [-0.2, -0.15) is 0 Å². The number of halogens is 2. The van der Waals surface area contributed by atoms with E-state index in [4.69, 9.17) is 0 Å². The van der Waals surface area contributed by atoms with Gasteiger partial charge in [0.05, 0.1) is 11.1 Å². The largest absolute Gasteiger partial charge is 0.586 e. The third-order valence-electron chi connectivity index (χ3n) is 5.75. The van der Waals surface area contributed by atoms with Gasteiger partial charge in [-0.1, -0.05) is 55.5 Å². The van der Waals surface area contributed by atoms with Crippen molar-refractivity contribution in [2.24, 2.45) is 4.99 Å². The van der Waals surface area contributed by atoms with Crippen LogP contribution in [0.1, 0.15) is 50.7 Å². The number of hydrogen-bond donors (Lipinski definition) is 0. The van der Waals surface area contributed by atoms with Gasteiger partial charge >= 0.3 is 6.29 Å². The van der Waals surface area contributed by atoms with E-state index in [9.17, 15) is 13.6 Å². The minimum Gasteiger partial charge on any atom is -0.395 e. The van der Waals surface area contributed by atoms with E-state index in [1.54, 1.807) is 6.07 Å². The van der Waals surface area contributed by atoms with Crippen molar-refractivity contribution in [3.63, 3.8) is 0 Å². The van der Waals surface area contributed by atoms with Crippen molar-refractivity contribution in [2.75, 3.05) is 0 Å². The summed E-state index contributed by atoms with van der Waals surface area (Å²) < 4.78 is 34.5. The first kappa shape index (κ1) is 21.9. The summed E-state index contributed by atoms with van der Waals surface area (Å²) in [5, 5.41) is 0. The molecule has 4 nitrogen and oxygen atoms in total. The van der Waals surface area contributed by atoms with Gasteiger partial charge in [-0.15, -0.1) is 8.78 Å². The Morgan fingerprint density at radius 3 is 2.47 bits per heavy atom. The molecule has 0 spiro atoms. The van der Waals surface area contributed by atoms with Crippen molar-refractivity contribution in [3.05, 3.63) is 83.6 Å². The summed E-state index contributed by atoms with van der Waals surface area (Å²) in [7, 11) is 0. The number of allylic oxidation sites excluding steroid dienone is 4. The second-order valence-corrected chi connectivity index (χ2v) is 8.03. The fourth-order valence-electron chi connectivity index (χ4n) is 3.90. The summed E-state index contributed by atoms with van der Waals surface area (Å²) >= 11 is 0. The lowest BCUT2D eigenvalue weighted by Gasteiger charge is -2.13. The predicted molar refractivity (Wildman–Crippen MR) is 119 cm³/mol. The second-order valence-electron chi connectivity index (χ2n) is 8.03. The molecule has 3 aliphatic rings. The molecule has 6 heteroatoms. The maximum Gasteiger partial charge on any atom is 0.586 e. The molecule has 2 aromatic rings. The average Bonchev–Trinajstić information content (AvgIpc) is 3.56. The molecule has 0 N–H and O–H groups in total. The van der Waals surface area contributed by atoms with Gasteiger partial charge in [0, 0.05) is 17.7 Å². The molecule has 0 aromatic heterocycles. The van der Waals surface area contributed by atoms with Crippen molar-refractivity contribution in [1.82, 2.24) is 0 Å². The van der Waals surface area contributed by atoms with E-state index in [2.05, 4.69) is 44.8 Å². The molecule has 2 aromatic carbocycles. The molecular formula is C26H25F2NO3. The summed E-state index contributed by atoms with van der Waals surface area (Å²) in [6, 6.07) is 14.9. The monoisotopic (exact) mass is 437 g/mol. The standard InChI is InChI=1S/C13H12F2O3.C13H13N/c1-2-11(16)12(5-6-12)8-3-4-9-10(7-8)18-13(14,15)17-9;1-11-7-5-6-10-13(14-11)12-8-3-2-4-9-12/h3-4,7H,2,5-6H2,1H3;2-4,6-10H,5H2,1H3. The van der Waals surface area contributed by atoms with Gasteiger partial charge in [-0.3, -0.25) is 9.79 Å². The molecule has 0 saturated heterocycles. The number of ether oxygens (including phenoxy) is 2. The van der Waals surface area contributed by atoms with Crippen molar-refractivity contribution in [1.29, 1.82) is 0 Å². The maximum absolute atomic E-state index is 12.9. The van der Waals surface area contributed by atoms with Crippen LogP contribution in [0.4, 0.5) is 8.78 Å². The van der Waals surface area contributed by atoms with E-state index in [0.717, 1.165) is 36.2 Å². The van der Waals surface area contributed by atoms with Crippen molar-refractivity contribution < 1.29 is 23.0 Å². The normalized spacial score (nSPS) is 19.1. The summed E-state index contributed by atoms with van der Waals surface area (Å²) in [5.74, 6) is 0.171. The summed E-state index contributed by atoms with van der Waals surface area (Å²) in [6.45, 7) is 3.85. The van der Waals surface area contributed by atoms with E-state index < -0.39 is 11.7 Å². The highest BCUT2D eigenvalue weighted by Gasteiger charge is 2.51. The van der Waals surface area contributed by atoms with Crippen LogP contribution in [0.25, 0.3) is 0 Å². The molecule has 5 rings (SSSR count). The van der Waals surface area contributed by atoms with Crippen molar-refractivity contribution in [3.8, 4) is 11.5 Å². The molecule has 2 heterocycles. The second kappa shape index (κ2) is 8.69. The molecular weight excluding hydrogens is 412 g/mol. The number of rotatable bonds is 4. The van der Waals surface area contributed by atoms with Crippen LogP contribution in [-0.4, -0.2) is 17.8 Å². The highest BCUT2D eigenvalue weighted by Crippen LogP contribution is 2.52. The Morgan fingerprint density at radius 1 is 1.06 bits per heavy atom. The smallest absolute Gasteiger partial charge is 0.395 e. The van der Waals surface area contributed by atoms with Crippen LogP contribution in [0.3, 0.4) is 0 Å². The Bertz CT molecular complexity index is 1100. The lowest BCUT2D eigenvalue weighted by Crippen LogP contribution is -2.26. The Hall–Kier alpha value is -3.28. The molecule has 0 bridgehead atoms. The Balaban J connectivity index is 0.000000158. The lowest BCUT2D eigenvalue weighted by atomic mass is 9.90. The minimum atomic E-state index is -3.60. The topological polar surface area (TPSA) is 47.9 Å². The highest BCUT2D eigenvalue weighted by atomic mass is 19.3. The zero-order chi connectivity index (χ0) is 22.8. The maximum atomic E-state index is 12.9. The molecule has 1 aliphatic carbocycles. The van der Waals surface area contributed by atoms with Crippen molar-refractivity contribution >= 4 is 11.5 Å². The third kappa shape index (κ3) is 4.64. The van der Waals surface area contributed by atoms with Gasteiger partial charge in [-0.05, 0) is 50.0 Å². The first-order valence-electron chi connectivity index (χ1n) is 10.7. The molecule has 166 valence electrons. The van der Waals surface area contributed by atoms with Crippen LogP contribution in [-0.2, 0) is 10.2 Å². The van der Waals surface area contributed by atoms with Crippen LogP contribution >= 0.6 is 0 Å². The van der Waals surface area contributed by atoms with Gasteiger partial charge in [-0.25, -0.2) is 0 Å². The fourth-order valence-corrected chi connectivity index (χ4v) is 3.90. The van der Waals surface area contributed by atoms with E-state index in [-0.39, 0.29) is 17.3 Å². The molecule has 0 unspecified atom stereocenters. The first-order valence-corrected chi connectivity index (χ1v) is 10.7. The quantitative estimate of drug-likeness (QED) is 0.559. The molecule has 1 saturated carbocycles. The Morgan fingerprint density at radius 2 is 1.78 bits per heavy atom. The number of alkyl halides is 2. The number of Topliss-reactive ketones (excluding diaryl/α,β-unsaturated/α-hetero) is 1. The van der Waals surface area contributed by atoms with Gasteiger partial charge in [0.25, 0.3) is 0 Å². The summed E-state index contributed by atoms with van der Waals surface area (Å²) in [4.78, 5) is 16.4. The highest BCUT2D eigenvalue weighted by molar-refractivity contribution is 6.09. The number of nitrogens with zero attached hydrogens (tertiary/aromatic N) is 1. The molecule has 2 aliphatic heterocycles. The summed E-state index contributed by atoms with van der Waals surface area (Å²) in [5.41, 5.74) is 3.59.